The van der Waals surface area contributed by atoms with Crippen molar-refractivity contribution in [2.45, 2.75) is 18.9 Å². The first-order valence-corrected chi connectivity index (χ1v) is 9.25. The molecular weight excluding hydrogens is 449 g/mol. The Morgan fingerprint density at radius 3 is 2.74 bits per heavy atom. The molecule has 0 amide bonds. The molecule has 5 nitrogen and oxygen atoms in total. The summed E-state index contributed by atoms with van der Waals surface area (Å²) in [6, 6.07) is 19.0. The van der Waals surface area contributed by atoms with Gasteiger partial charge in [-0.1, -0.05) is 42.5 Å². The minimum Gasteiger partial charge on any atom is -0.354 e. The molecule has 1 atom stereocenters. The van der Waals surface area contributed by atoms with Crippen molar-refractivity contribution in [3.05, 3.63) is 66.5 Å². The Hall–Kier alpha value is -2.09. The summed E-state index contributed by atoms with van der Waals surface area (Å²) in [5.41, 5.74) is 3.65. The Morgan fingerprint density at radius 2 is 1.93 bits per heavy atom. The van der Waals surface area contributed by atoms with E-state index in [1.807, 2.05) is 25.5 Å². The SMILES string of the molecule is CN=C(NCCn1cnc2ccccc21)N1CCC(c2ccccc2)C1.I. The average molecular weight is 475 g/mol. The maximum absolute atomic E-state index is 4.49. The summed E-state index contributed by atoms with van der Waals surface area (Å²) >= 11 is 0. The maximum atomic E-state index is 4.49. The highest BCUT2D eigenvalue weighted by Crippen LogP contribution is 2.26. The van der Waals surface area contributed by atoms with Crippen LogP contribution in [0.3, 0.4) is 0 Å². The van der Waals surface area contributed by atoms with Crippen LogP contribution < -0.4 is 5.32 Å². The fourth-order valence-corrected chi connectivity index (χ4v) is 3.76. The lowest BCUT2D eigenvalue weighted by molar-refractivity contribution is 0.482. The third-order valence-electron chi connectivity index (χ3n) is 5.13. The van der Waals surface area contributed by atoms with E-state index in [2.05, 4.69) is 67.2 Å². The lowest BCUT2D eigenvalue weighted by atomic mass is 9.99. The Morgan fingerprint density at radius 1 is 1.15 bits per heavy atom. The molecule has 1 unspecified atom stereocenters. The number of rotatable bonds is 4. The van der Waals surface area contributed by atoms with Gasteiger partial charge in [-0.25, -0.2) is 4.98 Å². The molecule has 1 N–H and O–H groups in total. The fraction of sp³-hybridized carbons (Fsp3) is 0.333. The van der Waals surface area contributed by atoms with Crippen LogP contribution in [-0.2, 0) is 6.54 Å². The van der Waals surface area contributed by atoms with Crippen molar-refractivity contribution in [2.24, 2.45) is 4.99 Å². The zero-order valence-corrected chi connectivity index (χ0v) is 17.9. The monoisotopic (exact) mass is 475 g/mol. The minimum atomic E-state index is 0. The lowest BCUT2D eigenvalue weighted by Crippen LogP contribution is -2.41. The van der Waals surface area contributed by atoms with Crippen LogP contribution >= 0.6 is 24.0 Å². The summed E-state index contributed by atoms with van der Waals surface area (Å²) in [6.07, 6.45) is 3.09. The number of imidazole rings is 1. The molecule has 4 rings (SSSR count). The fourth-order valence-electron chi connectivity index (χ4n) is 3.76. The van der Waals surface area contributed by atoms with Crippen LogP contribution in [0.1, 0.15) is 17.9 Å². The summed E-state index contributed by atoms with van der Waals surface area (Å²) in [5.74, 6) is 1.58. The Bertz CT molecular complexity index is 890. The van der Waals surface area contributed by atoms with Crippen LogP contribution in [0.2, 0.25) is 0 Å². The van der Waals surface area contributed by atoms with Crippen LogP contribution in [-0.4, -0.2) is 47.1 Å². The van der Waals surface area contributed by atoms with Gasteiger partial charge >= 0.3 is 0 Å². The molecule has 6 heteroatoms. The molecule has 0 saturated carbocycles. The van der Waals surface area contributed by atoms with Crippen molar-refractivity contribution < 1.29 is 0 Å². The van der Waals surface area contributed by atoms with Crippen LogP contribution in [0.5, 0.6) is 0 Å². The lowest BCUT2D eigenvalue weighted by Gasteiger charge is -2.22. The predicted molar refractivity (Wildman–Crippen MR) is 122 cm³/mol. The molecule has 0 spiro atoms. The van der Waals surface area contributed by atoms with Crippen molar-refractivity contribution in [2.75, 3.05) is 26.7 Å². The van der Waals surface area contributed by atoms with E-state index >= 15 is 0 Å². The smallest absolute Gasteiger partial charge is 0.193 e. The molecule has 1 aliphatic rings. The van der Waals surface area contributed by atoms with Crippen molar-refractivity contribution in [1.82, 2.24) is 19.8 Å². The largest absolute Gasteiger partial charge is 0.354 e. The van der Waals surface area contributed by atoms with Gasteiger partial charge in [0.25, 0.3) is 0 Å². The summed E-state index contributed by atoms with van der Waals surface area (Å²) in [6.45, 7) is 3.78. The van der Waals surface area contributed by atoms with Gasteiger partial charge < -0.3 is 14.8 Å². The number of likely N-dealkylation sites (tertiary alicyclic amines) is 1. The zero-order chi connectivity index (χ0) is 17.8. The standard InChI is InChI=1S/C21H25N5.HI/c1-22-21(25-13-11-18(15-25)17-7-3-2-4-8-17)23-12-14-26-16-24-19-9-5-6-10-20(19)26;/h2-10,16,18H,11-15H2,1H3,(H,22,23);1H. The Balaban J connectivity index is 0.00000210. The van der Waals surface area contributed by atoms with Gasteiger partial charge in [0.2, 0.25) is 0 Å². The number of nitrogens with zero attached hydrogens (tertiary/aromatic N) is 4. The van der Waals surface area contributed by atoms with Crippen molar-refractivity contribution in [3.63, 3.8) is 0 Å². The van der Waals surface area contributed by atoms with Gasteiger partial charge in [-0.2, -0.15) is 0 Å². The molecule has 1 saturated heterocycles. The predicted octanol–water partition coefficient (Wildman–Crippen LogP) is 3.72. The first-order valence-electron chi connectivity index (χ1n) is 9.25. The molecule has 1 aliphatic heterocycles. The highest BCUT2D eigenvalue weighted by Gasteiger charge is 2.25. The summed E-state index contributed by atoms with van der Waals surface area (Å²) in [5, 5.41) is 3.51. The Labute approximate surface area is 177 Å². The highest BCUT2D eigenvalue weighted by molar-refractivity contribution is 14.0. The van der Waals surface area contributed by atoms with Crippen LogP contribution in [0, 0.1) is 0 Å². The van der Waals surface area contributed by atoms with E-state index in [9.17, 15) is 0 Å². The van der Waals surface area contributed by atoms with Gasteiger partial charge in [0.05, 0.1) is 17.4 Å². The number of halogens is 1. The molecule has 1 fully saturated rings. The van der Waals surface area contributed by atoms with Gasteiger partial charge in [-0.15, -0.1) is 24.0 Å². The normalized spacial score (nSPS) is 17.1. The molecule has 2 heterocycles. The molecule has 0 aliphatic carbocycles. The van der Waals surface area contributed by atoms with E-state index in [4.69, 9.17) is 0 Å². The molecular formula is C21H26IN5. The molecule has 3 aromatic rings. The van der Waals surface area contributed by atoms with Gasteiger partial charge in [-0.05, 0) is 24.1 Å². The number of fused-ring (bicyclic) bond motifs is 1. The van der Waals surface area contributed by atoms with Gasteiger partial charge in [0, 0.05) is 39.1 Å². The van der Waals surface area contributed by atoms with Crippen LogP contribution in [0.25, 0.3) is 11.0 Å². The first-order chi connectivity index (χ1) is 12.8. The number of para-hydroxylation sites is 2. The quantitative estimate of drug-likeness (QED) is 0.356. The molecule has 0 radical (unpaired) electrons. The zero-order valence-electron chi connectivity index (χ0n) is 15.6. The van der Waals surface area contributed by atoms with E-state index in [-0.39, 0.29) is 24.0 Å². The molecule has 2 aromatic carbocycles. The van der Waals surface area contributed by atoms with Gasteiger partial charge in [0.15, 0.2) is 5.96 Å². The molecule has 0 bridgehead atoms. The van der Waals surface area contributed by atoms with E-state index in [0.717, 1.165) is 37.7 Å². The number of aliphatic imine (C=N–C) groups is 1. The van der Waals surface area contributed by atoms with Crippen LogP contribution in [0.4, 0.5) is 0 Å². The van der Waals surface area contributed by atoms with E-state index < -0.39 is 0 Å². The summed E-state index contributed by atoms with van der Waals surface area (Å²) in [4.78, 5) is 11.3. The van der Waals surface area contributed by atoms with Crippen molar-refractivity contribution in [1.29, 1.82) is 0 Å². The third-order valence-corrected chi connectivity index (χ3v) is 5.13. The number of aromatic nitrogens is 2. The van der Waals surface area contributed by atoms with E-state index in [0.29, 0.717) is 5.92 Å². The second-order valence-electron chi connectivity index (χ2n) is 6.74. The first kappa shape index (κ1) is 19.7. The van der Waals surface area contributed by atoms with Crippen LogP contribution in [0.15, 0.2) is 65.9 Å². The Kier molecular flexibility index (Phi) is 6.71. The van der Waals surface area contributed by atoms with E-state index in [1.54, 1.807) is 0 Å². The highest BCUT2D eigenvalue weighted by atomic mass is 127. The molecule has 1 aromatic heterocycles. The second-order valence-corrected chi connectivity index (χ2v) is 6.74. The number of guanidine groups is 1. The second kappa shape index (κ2) is 9.21. The van der Waals surface area contributed by atoms with Gasteiger partial charge in [0.1, 0.15) is 0 Å². The summed E-state index contributed by atoms with van der Waals surface area (Å²) in [7, 11) is 1.87. The summed E-state index contributed by atoms with van der Waals surface area (Å²) < 4.78 is 2.19. The average Bonchev–Trinajstić information content (AvgIpc) is 3.34. The number of hydrogen-bond donors (Lipinski definition) is 1. The topological polar surface area (TPSA) is 45.5 Å². The molecule has 27 heavy (non-hydrogen) atoms. The third kappa shape index (κ3) is 4.43. The van der Waals surface area contributed by atoms with Gasteiger partial charge in [-0.3, -0.25) is 4.99 Å². The number of benzene rings is 2. The van der Waals surface area contributed by atoms with E-state index in [1.165, 1.54) is 17.5 Å². The minimum absolute atomic E-state index is 0. The van der Waals surface area contributed by atoms with Crippen molar-refractivity contribution >= 4 is 41.0 Å². The maximum Gasteiger partial charge on any atom is 0.193 e. The number of nitrogens with one attached hydrogen (secondary N) is 1. The van der Waals surface area contributed by atoms with Crippen molar-refractivity contribution in [3.8, 4) is 0 Å². The number of hydrogen-bond acceptors (Lipinski definition) is 2. The molecule has 142 valence electrons.